The highest BCUT2D eigenvalue weighted by Gasteiger charge is 2.31. The minimum absolute atomic E-state index is 0.0311. The third-order valence-electron chi connectivity index (χ3n) is 8.77. The molecule has 1 atom stereocenters. The first-order valence-corrected chi connectivity index (χ1v) is 15.6. The predicted molar refractivity (Wildman–Crippen MR) is 175 cm³/mol. The van der Waals surface area contributed by atoms with Crippen LogP contribution in [0.4, 0.5) is 5.69 Å². The zero-order valence-electron chi connectivity index (χ0n) is 26.2. The Bertz CT molecular complexity index is 1350. The van der Waals surface area contributed by atoms with E-state index in [9.17, 15) is 0 Å². The Kier molecular flexibility index (Phi) is 9.79. The highest BCUT2D eigenvalue weighted by atomic mass is 16.5. The molecule has 1 N–H and O–H groups in total. The Balaban J connectivity index is 1.26. The molecule has 0 spiro atoms. The number of hydrogen-bond acceptors (Lipinski definition) is 5. The summed E-state index contributed by atoms with van der Waals surface area (Å²) in [6.07, 6.45) is 9.58. The van der Waals surface area contributed by atoms with Gasteiger partial charge in [0.15, 0.2) is 0 Å². The molecule has 1 saturated heterocycles. The fraction of sp³-hybridized carbons (Fsp3) is 0.459. The van der Waals surface area contributed by atoms with Gasteiger partial charge in [0.25, 0.3) is 0 Å². The fourth-order valence-corrected chi connectivity index (χ4v) is 6.42. The zero-order valence-corrected chi connectivity index (χ0v) is 26.2. The van der Waals surface area contributed by atoms with Crippen LogP contribution in [0.15, 0.2) is 60.7 Å². The summed E-state index contributed by atoms with van der Waals surface area (Å²) in [6, 6.07) is 21.6. The van der Waals surface area contributed by atoms with Crippen molar-refractivity contribution < 1.29 is 14.2 Å². The molecule has 0 saturated carbocycles. The van der Waals surface area contributed by atoms with Crippen LogP contribution in [0.25, 0.3) is 11.6 Å². The molecule has 2 aliphatic rings. The molecule has 1 unspecified atom stereocenters. The number of nitrogens with one attached hydrogen (secondary N) is 1. The Hall–Kier alpha value is -3.44. The smallest absolute Gasteiger partial charge is 0.120 e. The quantitative estimate of drug-likeness (QED) is 0.253. The molecule has 1 aliphatic heterocycles. The number of anilines is 1. The van der Waals surface area contributed by atoms with Crippen LogP contribution in [0.3, 0.4) is 0 Å². The summed E-state index contributed by atoms with van der Waals surface area (Å²) in [7, 11) is 3.46. The molecule has 5 rings (SSSR count). The SMILES string of the molecule is COc1ccc2c(c1)CC(C)(C)C(c1ccc(OC)cc1NC(C)Cc1ccc(OCCN3CCCCCC3)cc1)=C2. The lowest BCUT2D eigenvalue weighted by Crippen LogP contribution is -2.29. The lowest BCUT2D eigenvalue weighted by atomic mass is 9.70. The molecule has 224 valence electrons. The van der Waals surface area contributed by atoms with Gasteiger partial charge < -0.3 is 19.5 Å². The molecule has 42 heavy (non-hydrogen) atoms. The highest BCUT2D eigenvalue weighted by Crippen LogP contribution is 2.47. The van der Waals surface area contributed by atoms with E-state index in [0.717, 1.165) is 48.9 Å². The van der Waals surface area contributed by atoms with Crippen molar-refractivity contribution >= 4 is 17.3 Å². The zero-order chi connectivity index (χ0) is 29.5. The molecular formula is C37H48N2O3. The standard InChI is InChI=1S/C37H48N2O3/c1-27(22-28-10-13-31(14-11-28)42-21-20-39-18-8-6-7-9-19-39)38-36-25-33(41-5)16-17-34(36)35-24-29-12-15-32(40-4)23-30(29)26-37(35,2)3/h10-17,23-25,27,38H,6-9,18-22,26H2,1-5H3. The van der Waals surface area contributed by atoms with E-state index in [0.29, 0.717) is 0 Å². The molecule has 1 aliphatic carbocycles. The third-order valence-corrected chi connectivity index (χ3v) is 8.77. The average Bonchev–Trinajstić information content (AvgIpc) is 3.26. The van der Waals surface area contributed by atoms with Crippen LogP contribution < -0.4 is 19.5 Å². The van der Waals surface area contributed by atoms with Gasteiger partial charge in [0.2, 0.25) is 0 Å². The molecule has 0 bridgehead atoms. The molecule has 0 amide bonds. The maximum absolute atomic E-state index is 6.09. The number of benzene rings is 3. The number of allylic oxidation sites excluding steroid dienone is 1. The Morgan fingerprint density at radius 3 is 2.21 bits per heavy atom. The lowest BCUT2D eigenvalue weighted by Gasteiger charge is -2.35. The Morgan fingerprint density at radius 1 is 0.833 bits per heavy atom. The molecular weight excluding hydrogens is 520 g/mol. The minimum Gasteiger partial charge on any atom is -0.497 e. The van der Waals surface area contributed by atoms with Crippen molar-refractivity contribution in [1.82, 2.24) is 4.90 Å². The molecule has 1 heterocycles. The average molecular weight is 569 g/mol. The van der Waals surface area contributed by atoms with E-state index in [1.165, 1.54) is 66.6 Å². The predicted octanol–water partition coefficient (Wildman–Crippen LogP) is 8.12. The van der Waals surface area contributed by atoms with Gasteiger partial charge in [-0.15, -0.1) is 0 Å². The van der Waals surface area contributed by atoms with Crippen LogP contribution in [0.1, 0.15) is 68.7 Å². The van der Waals surface area contributed by atoms with Crippen LogP contribution in [0.2, 0.25) is 0 Å². The largest absolute Gasteiger partial charge is 0.497 e. The van der Waals surface area contributed by atoms with Gasteiger partial charge in [0, 0.05) is 29.9 Å². The molecule has 3 aromatic rings. The van der Waals surface area contributed by atoms with Crippen molar-refractivity contribution in [2.45, 2.75) is 65.3 Å². The van der Waals surface area contributed by atoms with E-state index in [1.807, 2.05) is 6.07 Å². The minimum atomic E-state index is -0.0311. The van der Waals surface area contributed by atoms with Gasteiger partial charge in [-0.1, -0.05) is 51.0 Å². The van der Waals surface area contributed by atoms with E-state index in [4.69, 9.17) is 14.2 Å². The molecule has 3 aromatic carbocycles. The number of rotatable bonds is 11. The lowest BCUT2D eigenvalue weighted by molar-refractivity contribution is 0.214. The summed E-state index contributed by atoms with van der Waals surface area (Å²) in [4.78, 5) is 2.54. The van der Waals surface area contributed by atoms with Gasteiger partial charge in [-0.3, -0.25) is 4.90 Å². The first-order chi connectivity index (χ1) is 20.3. The number of nitrogens with zero attached hydrogens (tertiary/aromatic N) is 1. The first-order valence-electron chi connectivity index (χ1n) is 15.6. The van der Waals surface area contributed by atoms with Gasteiger partial charge in [-0.2, -0.15) is 0 Å². The highest BCUT2D eigenvalue weighted by molar-refractivity contribution is 5.92. The maximum atomic E-state index is 6.09. The summed E-state index contributed by atoms with van der Waals surface area (Å²) >= 11 is 0. The van der Waals surface area contributed by atoms with Crippen LogP contribution in [-0.2, 0) is 12.8 Å². The topological polar surface area (TPSA) is 43.0 Å². The normalized spacial score (nSPS) is 17.4. The van der Waals surface area contributed by atoms with Crippen molar-refractivity contribution in [2.75, 3.05) is 45.8 Å². The number of likely N-dealkylation sites (tertiary alicyclic amines) is 1. The number of ether oxygens (including phenoxy) is 3. The summed E-state index contributed by atoms with van der Waals surface area (Å²) in [6.45, 7) is 11.1. The van der Waals surface area contributed by atoms with E-state index >= 15 is 0 Å². The van der Waals surface area contributed by atoms with Crippen molar-refractivity contribution in [1.29, 1.82) is 0 Å². The van der Waals surface area contributed by atoms with Crippen molar-refractivity contribution in [3.63, 3.8) is 0 Å². The second-order valence-electron chi connectivity index (χ2n) is 12.6. The maximum Gasteiger partial charge on any atom is 0.120 e. The Labute approximate surface area is 252 Å². The van der Waals surface area contributed by atoms with Gasteiger partial charge >= 0.3 is 0 Å². The van der Waals surface area contributed by atoms with E-state index in [1.54, 1.807) is 14.2 Å². The molecule has 0 radical (unpaired) electrons. The third kappa shape index (κ3) is 7.49. The van der Waals surface area contributed by atoms with E-state index in [2.05, 4.69) is 91.7 Å². The fourth-order valence-electron chi connectivity index (χ4n) is 6.42. The number of methoxy groups -OCH3 is 2. The monoisotopic (exact) mass is 568 g/mol. The molecule has 0 aromatic heterocycles. The van der Waals surface area contributed by atoms with Crippen molar-refractivity contribution in [2.24, 2.45) is 5.41 Å². The number of hydrogen-bond donors (Lipinski definition) is 1. The Morgan fingerprint density at radius 2 is 1.50 bits per heavy atom. The van der Waals surface area contributed by atoms with Crippen LogP contribution in [-0.4, -0.2) is 51.4 Å². The summed E-state index contributed by atoms with van der Waals surface area (Å²) in [5.74, 6) is 2.72. The van der Waals surface area contributed by atoms with Crippen molar-refractivity contribution in [3.05, 3.63) is 82.9 Å². The van der Waals surface area contributed by atoms with E-state index < -0.39 is 0 Å². The van der Waals surface area contributed by atoms with Gasteiger partial charge in [-0.05, 0) is 110 Å². The molecule has 1 fully saturated rings. The van der Waals surface area contributed by atoms with E-state index in [-0.39, 0.29) is 11.5 Å². The van der Waals surface area contributed by atoms with Crippen LogP contribution in [0.5, 0.6) is 17.2 Å². The van der Waals surface area contributed by atoms with Crippen LogP contribution >= 0.6 is 0 Å². The van der Waals surface area contributed by atoms with Crippen LogP contribution in [0, 0.1) is 5.41 Å². The summed E-state index contributed by atoms with van der Waals surface area (Å²) < 4.78 is 17.2. The van der Waals surface area contributed by atoms with Gasteiger partial charge in [0.1, 0.15) is 23.9 Å². The molecule has 5 heteroatoms. The summed E-state index contributed by atoms with van der Waals surface area (Å²) in [5, 5.41) is 3.82. The summed E-state index contributed by atoms with van der Waals surface area (Å²) in [5.41, 5.74) is 7.51. The molecule has 5 nitrogen and oxygen atoms in total. The van der Waals surface area contributed by atoms with Crippen molar-refractivity contribution in [3.8, 4) is 17.2 Å². The first kappa shape index (κ1) is 30.0. The second-order valence-corrected chi connectivity index (χ2v) is 12.6. The second kappa shape index (κ2) is 13.7. The number of fused-ring (bicyclic) bond motifs is 1. The van der Waals surface area contributed by atoms with Gasteiger partial charge in [0.05, 0.1) is 14.2 Å². The van der Waals surface area contributed by atoms with Gasteiger partial charge in [-0.25, -0.2) is 0 Å².